The number of hydrogen-bond acceptors (Lipinski definition) is 4. The van der Waals surface area contributed by atoms with Gasteiger partial charge in [-0.1, -0.05) is 11.6 Å². The zero-order chi connectivity index (χ0) is 15.1. The smallest absolute Gasteiger partial charge is 0.122 e. The second kappa shape index (κ2) is 7.41. The Bertz CT molecular complexity index is 635. The van der Waals surface area contributed by atoms with Crippen molar-refractivity contribution in [2.75, 3.05) is 20.3 Å². The van der Waals surface area contributed by atoms with Crippen molar-refractivity contribution in [1.29, 1.82) is 5.26 Å². The van der Waals surface area contributed by atoms with Crippen LogP contribution in [0.4, 0.5) is 0 Å². The molecule has 2 rings (SSSR count). The van der Waals surface area contributed by atoms with Gasteiger partial charge in [0.25, 0.3) is 0 Å². The van der Waals surface area contributed by atoms with Crippen molar-refractivity contribution in [2.24, 2.45) is 0 Å². The molecular weight excluding hydrogens is 290 g/mol. The normalized spacial score (nSPS) is 9.76. The van der Waals surface area contributed by atoms with Crippen LogP contribution in [-0.4, -0.2) is 20.3 Å². The second-order valence-electron chi connectivity index (χ2n) is 4.13. The van der Waals surface area contributed by atoms with E-state index in [1.54, 1.807) is 25.3 Å². The molecule has 2 aromatic rings. The summed E-state index contributed by atoms with van der Waals surface area (Å²) in [6.07, 6.45) is 0. The molecule has 0 spiro atoms. The van der Waals surface area contributed by atoms with Crippen molar-refractivity contribution in [3.05, 3.63) is 53.1 Å². The highest BCUT2D eigenvalue weighted by atomic mass is 35.5. The van der Waals surface area contributed by atoms with Crippen LogP contribution in [0.1, 0.15) is 5.56 Å². The fourth-order valence-corrected chi connectivity index (χ4v) is 1.88. The number of rotatable bonds is 6. The fraction of sp³-hybridized carbons (Fsp3) is 0.188. The molecule has 0 saturated carbocycles. The zero-order valence-corrected chi connectivity index (χ0v) is 12.3. The summed E-state index contributed by atoms with van der Waals surface area (Å²) in [4.78, 5) is 0. The van der Waals surface area contributed by atoms with Crippen LogP contribution in [0, 0.1) is 11.3 Å². The van der Waals surface area contributed by atoms with Crippen molar-refractivity contribution in [3.63, 3.8) is 0 Å². The van der Waals surface area contributed by atoms with E-state index in [1.165, 1.54) is 0 Å². The molecule has 0 aliphatic heterocycles. The lowest BCUT2D eigenvalue weighted by Crippen LogP contribution is -2.09. The monoisotopic (exact) mass is 303 g/mol. The van der Waals surface area contributed by atoms with Crippen molar-refractivity contribution in [2.45, 2.75) is 0 Å². The third-order valence-electron chi connectivity index (χ3n) is 2.74. The first kappa shape index (κ1) is 15.0. The van der Waals surface area contributed by atoms with E-state index in [0.29, 0.717) is 29.5 Å². The van der Waals surface area contributed by atoms with Gasteiger partial charge < -0.3 is 14.2 Å². The number of ether oxygens (including phenoxy) is 3. The molecule has 21 heavy (non-hydrogen) atoms. The average molecular weight is 304 g/mol. The number of methoxy groups -OCH3 is 1. The Hall–Kier alpha value is -2.38. The summed E-state index contributed by atoms with van der Waals surface area (Å²) < 4.78 is 16.1. The van der Waals surface area contributed by atoms with E-state index in [-0.39, 0.29) is 0 Å². The summed E-state index contributed by atoms with van der Waals surface area (Å²) >= 11 is 5.92. The van der Waals surface area contributed by atoms with Crippen molar-refractivity contribution in [1.82, 2.24) is 0 Å². The average Bonchev–Trinajstić information content (AvgIpc) is 2.52. The number of nitriles is 1. The van der Waals surface area contributed by atoms with Crippen molar-refractivity contribution in [3.8, 4) is 23.3 Å². The number of halogens is 1. The molecule has 0 amide bonds. The molecule has 0 aliphatic rings. The highest BCUT2D eigenvalue weighted by Crippen LogP contribution is 2.22. The summed E-state index contributed by atoms with van der Waals surface area (Å²) in [6.45, 7) is 0.790. The molecule has 0 saturated heterocycles. The van der Waals surface area contributed by atoms with Gasteiger partial charge in [0.2, 0.25) is 0 Å². The van der Waals surface area contributed by atoms with Gasteiger partial charge in [-0.3, -0.25) is 0 Å². The molecule has 0 aliphatic carbocycles. The highest BCUT2D eigenvalue weighted by molar-refractivity contribution is 6.31. The summed E-state index contributed by atoms with van der Waals surface area (Å²) in [6, 6.07) is 14.3. The molecule has 0 atom stereocenters. The molecule has 0 bridgehead atoms. The lowest BCUT2D eigenvalue weighted by molar-refractivity contribution is 0.217. The number of nitrogens with zero attached hydrogens (tertiary/aromatic N) is 1. The Morgan fingerprint density at radius 1 is 0.952 bits per heavy atom. The Labute approximate surface area is 128 Å². The molecule has 2 aromatic carbocycles. The van der Waals surface area contributed by atoms with Gasteiger partial charge in [-0.2, -0.15) is 5.26 Å². The van der Waals surface area contributed by atoms with E-state index in [9.17, 15) is 0 Å². The highest BCUT2D eigenvalue weighted by Gasteiger charge is 2.02. The van der Waals surface area contributed by atoms with Crippen LogP contribution in [0.3, 0.4) is 0 Å². The summed E-state index contributed by atoms with van der Waals surface area (Å²) in [5.74, 6) is 2.14. The van der Waals surface area contributed by atoms with Crippen LogP contribution < -0.4 is 14.2 Å². The first-order valence-corrected chi connectivity index (χ1v) is 6.70. The van der Waals surface area contributed by atoms with Gasteiger partial charge in [-0.15, -0.1) is 0 Å². The van der Waals surface area contributed by atoms with E-state index in [1.807, 2.05) is 30.3 Å². The van der Waals surface area contributed by atoms with Gasteiger partial charge in [0, 0.05) is 6.07 Å². The maximum Gasteiger partial charge on any atom is 0.122 e. The first-order chi connectivity index (χ1) is 10.2. The predicted molar refractivity (Wildman–Crippen MR) is 80.2 cm³/mol. The Balaban J connectivity index is 1.79. The Morgan fingerprint density at radius 2 is 1.52 bits per heavy atom. The topological polar surface area (TPSA) is 51.5 Å². The van der Waals surface area contributed by atoms with E-state index in [4.69, 9.17) is 31.1 Å². The fourth-order valence-electron chi connectivity index (χ4n) is 1.67. The second-order valence-corrected chi connectivity index (χ2v) is 4.53. The van der Waals surface area contributed by atoms with Crippen LogP contribution >= 0.6 is 11.6 Å². The molecule has 0 N–H and O–H groups in total. The van der Waals surface area contributed by atoms with Gasteiger partial charge in [-0.05, 0) is 36.4 Å². The first-order valence-electron chi connectivity index (χ1n) is 6.32. The molecule has 0 unspecified atom stereocenters. The molecule has 108 valence electrons. The Kier molecular flexibility index (Phi) is 5.30. The van der Waals surface area contributed by atoms with Crippen molar-refractivity contribution >= 4 is 11.6 Å². The van der Waals surface area contributed by atoms with E-state index in [2.05, 4.69) is 0 Å². The largest absolute Gasteiger partial charge is 0.497 e. The van der Waals surface area contributed by atoms with E-state index >= 15 is 0 Å². The van der Waals surface area contributed by atoms with Crippen molar-refractivity contribution < 1.29 is 14.2 Å². The standard InChI is InChI=1S/C16H14ClNO3/c1-19-13-4-6-14(7-5-13)20-8-9-21-15-3-2-12(11-18)16(17)10-15/h2-7,10H,8-9H2,1H3. The Morgan fingerprint density at radius 3 is 2.10 bits per heavy atom. The summed E-state index contributed by atoms with van der Waals surface area (Å²) in [5, 5.41) is 9.16. The minimum atomic E-state index is 0.381. The van der Waals surface area contributed by atoms with Gasteiger partial charge in [0.05, 0.1) is 17.7 Å². The van der Waals surface area contributed by atoms with Gasteiger partial charge in [-0.25, -0.2) is 0 Å². The predicted octanol–water partition coefficient (Wildman–Crippen LogP) is 3.68. The number of benzene rings is 2. The maximum absolute atomic E-state index is 8.78. The zero-order valence-electron chi connectivity index (χ0n) is 11.5. The SMILES string of the molecule is COc1ccc(OCCOc2ccc(C#N)c(Cl)c2)cc1. The van der Waals surface area contributed by atoms with E-state index in [0.717, 1.165) is 11.5 Å². The lowest BCUT2D eigenvalue weighted by Gasteiger charge is -2.09. The molecule has 5 heteroatoms. The lowest BCUT2D eigenvalue weighted by atomic mass is 10.2. The minimum Gasteiger partial charge on any atom is -0.497 e. The van der Waals surface area contributed by atoms with Crippen LogP contribution in [0.15, 0.2) is 42.5 Å². The van der Waals surface area contributed by atoms with Crippen LogP contribution in [0.25, 0.3) is 0 Å². The third kappa shape index (κ3) is 4.30. The number of hydrogen-bond donors (Lipinski definition) is 0. The van der Waals surface area contributed by atoms with Gasteiger partial charge in [0.15, 0.2) is 0 Å². The van der Waals surface area contributed by atoms with Crippen LogP contribution in [-0.2, 0) is 0 Å². The molecular formula is C16H14ClNO3. The molecule has 4 nitrogen and oxygen atoms in total. The minimum absolute atomic E-state index is 0.381. The maximum atomic E-state index is 8.78. The third-order valence-corrected chi connectivity index (χ3v) is 3.05. The molecule has 0 radical (unpaired) electrons. The van der Waals surface area contributed by atoms with E-state index < -0.39 is 0 Å². The van der Waals surface area contributed by atoms with Gasteiger partial charge in [0.1, 0.15) is 36.5 Å². The van der Waals surface area contributed by atoms with Crippen LogP contribution in [0.5, 0.6) is 17.2 Å². The summed E-state index contributed by atoms with van der Waals surface area (Å²) in [5.41, 5.74) is 0.429. The summed E-state index contributed by atoms with van der Waals surface area (Å²) in [7, 11) is 1.62. The molecule has 0 fully saturated rings. The van der Waals surface area contributed by atoms with Crippen LogP contribution in [0.2, 0.25) is 5.02 Å². The van der Waals surface area contributed by atoms with Gasteiger partial charge >= 0.3 is 0 Å². The quantitative estimate of drug-likeness (QED) is 0.764. The molecule has 0 heterocycles. The molecule has 0 aromatic heterocycles.